The van der Waals surface area contributed by atoms with Gasteiger partial charge in [-0.3, -0.25) is 4.79 Å². The van der Waals surface area contributed by atoms with Gasteiger partial charge in [-0.1, -0.05) is 30.3 Å². The number of aryl methyl sites for hydroxylation is 1. The SMILES string of the molecule is N#C[C@@H](C(=O)CCCc1c[nH]c2ccccc12)c1nc2ccccc2[nH]1. The van der Waals surface area contributed by atoms with Gasteiger partial charge in [-0.05, 0) is 36.6 Å². The molecule has 128 valence electrons. The highest BCUT2D eigenvalue weighted by Crippen LogP contribution is 2.22. The maximum Gasteiger partial charge on any atom is 0.162 e. The zero-order valence-electron chi connectivity index (χ0n) is 14.2. The number of hydrogen-bond acceptors (Lipinski definition) is 3. The summed E-state index contributed by atoms with van der Waals surface area (Å²) in [6, 6.07) is 17.8. The molecule has 0 aliphatic carbocycles. The van der Waals surface area contributed by atoms with Gasteiger partial charge in [0, 0.05) is 23.5 Å². The Morgan fingerprint density at radius 2 is 1.88 bits per heavy atom. The standard InChI is InChI=1S/C21H18N4O/c22-12-16(21-24-18-9-3-4-10-19(18)25-21)20(26)11-5-6-14-13-23-17-8-2-1-7-15(14)17/h1-4,7-10,13,16,23H,5-6,11H2,(H,24,25)/t16-/m0/s1. The predicted octanol–water partition coefficient (Wildman–Crippen LogP) is 4.24. The lowest BCUT2D eigenvalue weighted by atomic mass is 9.98. The summed E-state index contributed by atoms with van der Waals surface area (Å²) in [5.41, 5.74) is 3.92. The average molecular weight is 342 g/mol. The lowest BCUT2D eigenvalue weighted by molar-refractivity contribution is -0.119. The van der Waals surface area contributed by atoms with E-state index < -0.39 is 5.92 Å². The van der Waals surface area contributed by atoms with E-state index in [0.717, 1.165) is 23.0 Å². The van der Waals surface area contributed by atoms with Crippen molar-refractivity contribution >= 4 is 27.7 Å². The third kappa shape index (κ3) is 2.98. The molecule has 2 aromatic heterocycles. The molecule has 0 radical (unpaired) electrons. The molecule has 1 atom stereocenters. The second kappa shape index (κ2) is 6.85. The highest BCUT2D eigenvalue weighted by Gasteiger charge is 2.23. The fourth-order valence-corrected chi connectivity index (χ4v) is 3.33. The highest BCUT2D eigenvalue weighted by molar-refractivity contribution is 5.89. The third-order valence-corrected chi connectivity index (χ3v) is 4.68. The van der Waals surface area contributed by atoms with Crippen molar-refractivity contribution in [3.8, 4) is 6.07 Å². The molecule has 0 aliphatic rings. The van der Waals surface area contributed by atoms with Crippen LogP contribution in [0.15, 0.2) is 54.7 Å². The fraction of sp³-hybridized carbons (Fsp3) is 0.190. The van der Waals surface area contributed by atoms with E-state index in [0.29, 0.717) is 18.7 Å². The normalized spacial score (nSPS) is 12.3. The third-order valence-electron chi connectivity index (χ3n) is 4.68. The second-order valence-corrected chi connectivity index (χ2v) is 6.38. The lowest BCUT2D eigenvalue weighted by Gasteiger charge is -2.05. The minimum absolute atomic E-state index is 0.0913. The number of hydrogen-bond donors (Lipinski definition) is 2. The van der Waals surface area contributed by atoms with Crippen LogP contribution in [0.4, 0.5) is 0 Å². The summed E-state index contributed by atoms with van der Waals surface area (Å²) >= 11 is 0. The van der Waals surface area contributed by atoms with Crippen LogP contribution in [0.25, 0.3) is 21.9 Å². The van der Waals surface area contributed by atoms with Crippen LogP contribution in [-0.2, 0) is 11.2 Å². The number of Topliss-reactive ketones (excluding diaryl/α,β-unsaturated/α-hetero) is 1. The van der Waals surface area contributed by atoms with E-state index in [2.05, 4.69) is 27.1 Å². The highest BCUT2D eigenvalue weighted by atomic mass is 16.1. The van der Waals surface area contributed by atoms with E-state index in [9.17, 15) is 10.1 Å². The van der Waals surface area contributed by atoms with Crippen molar-refractivity contribution in [2.45, 2.75) is 25.2 Å². The molecule has 0 saturated carbocycles. The molecule has 2 N–H and O–H groups in total. The second-order valence-electron chi connectivity index (χ2n) is 6.38. The van der Waals surface area contributed by atoms with Gasteiger partial charge >= 0.3 is 0 Å². The molecule has 4 aromatic rings. The van der Waals surface area contributed by atoms with Gasteiger partial charge in [0.15, 0.2) is 11.7 Å². The number of imidazole rings is 1. The average Bonchev–Trinajstić information content (AvgIpc) is 3.26. The molecule has 26 heavy (non-hydrogen) atoms. The number of rotatable bonds is 6. The summed E-state index contributed by atoms with van der Waals surface area (Å²) in [4.78, 5) is 23.3. The van der Waals surface area contributed by atoms with Gasteiger partial charge in [0.25, 0.3) is 0 Å². The number of benzene rings is 2. The summed E-state index contributed by atoms with van der Waals surface area (Å²) in [7, 11) is 0. The molecule has 0 fully saturated rings. The molecule has 0 aliphatic heterocycles. The molecule has 5 nitrogen and oxygen atoms in total. The fourth-order valence-electron chi connectivity index (χ4n) is 3.33. The van der Waals surface area contributed by atoms with Crippen LogP contribution in [0.5, 0.6) is 0 Å². The van der Waals surface area contributed by atoms with Crippen molar-refractivity contribution in [3.63, 3.8) is 0 Å². The zero-order valence-corrected chi connectivity index (χ0v) is 14.2. The molecule has 0 spiro atoms. The molecule has 0 saturated heterocycles. The first kappa shape index (κ1) is 16.1. The van der Waals surface area contributed by atoms with Crippen LogP contribution < -0.4 is 0 Å². The van der Waals surface area contributed by atoms with Crippen molar-refractivity contribution in [1.82, 2.24) is 15.0 Å². The molecule has 0 bridgehead atoms. The van der Waals surface area contributed by atoms with Crippen molar-refractivity contribution in [1.29, 1.82) is 5.26 Å². The van der Waals surface area contributed by atoms with Crippen LogP contribution in [0.1, 0.15) is 30.1 Å². The summed E-state index contributed by atoms with van der Waals surface area (Å²) in [6.45, 7) is 0. The number of aromatic amines is 2. The van der Waals surface area contributed by atoms with Crippen molar-refractivity contribution in [3.05, 3.63) is 66.1 Å². The zero-order chi connectivity index (χ0) is 17.9. The van der Waals surface area contributed by atoms with Crippen LogP contribution in [-0.4, -0.2) is 20.7 Å². The van der Waals surface area contributed by atoms with E-state index in [1.807, 2.05) is 48.7 Å². The summed E-state index contributed by atoms with van der Waals surface area (Å²) < 4.78 is 0. The van der Waals surface area contributed by atoms with E-state index in [1.165, 1.54) is 10.9 Å². The number of nitrogens with one attached hydrogen (secondary N) is 2. The largest absolute Gasteiger partial charge is 0.361 e. The number of carbonyl (C=O) groups excluding carboxylic acids is 1. The predicted molar refractivity (Wildman–Crippen MR) is 101 cm³/mol. The van der Waals surface area contributed by atoms with Gasteiger partial charge in [-0.2, -0.15) is 5.26 Å². The number of nitriles is 1. The van der Waals surface area contributed by atoms with Crippen LogP contribution in [0.2, 0.25) is 0 Å². The Kier molecular flexibility index (Phi) is 4.24. The maximum absolute atomic E-state index is 12.6. The molecule has 2 aromatic carbocycles. The summed E-state index contributed by atoms with van der Waals surface area (Å²) in [6.07, 6.45) is 3.86. The molecule has 0 unspecified atom stereocenters. The quantitative estimate of drug-likeness (QED) is 0.549. The Morgan fingerprint density at radius 3 is 2.69 bits per heavy atom. The Bertz CT molecular complexity index is 1080. The van der Waals surface area contributed by atoms with E-state index in [1.54, 1.807) is 0 Å². The van der Waals surface area contributed by atoms with Gasteiger partial charge < -0.3 is 9.97 Å². The topological polar surface area (TPSA) is 85.3 Å². The number of para-hydroxylation sites is 3. The summed E-state index contributed by atoms with van der Waals surface area (Å²) in [5.74, 6) is -0.498. The number of fused-ring (bicyclic) bond motifs is 2. The van der Waals surface area contributed by atoms with Gasteiger partial charge in [0.05, 0.1) is 17.1 Å². The van der Waals surface area contributed by atoms with Gasteiger partial charge in [-0.15, -0.1) is 0 Å². The van der Waals surface area contributed by atoms with E-state index in [4.69, 9.17) is 0 Å². The molecular weight excluding hydrogens is 324 g/mol. The Balaban J connectivity index is 1.44. The molecule has 0 amide bonds. The number of carbonyl (C=O) groups is 1. The van der Waals surface area contributed by atoms with Crippen molar-refractivity contribution in [2.75, 3.05) is 0 Å². The minimum atomic E-state index is -0.842. The van der Waals surface area contributed by atoms with Crippen LogP contribution >= 0.6 is 0 Å². The smallest absolute Gasteiger partial charge is 0.162 e. The summed E-state index contributed by atoms with van der Waals surface area (Å²) in [5, 5.41) is 10.7. The first-order chi connectivity index (χ1) is 12.8. The number of nitrogens with zero attached hydrogens (tertiary/aromatic N) is 2. The van der Waals surface area contributed by atoms with Crippen molar-refractivity contribution < 1.29 is 4.79 Å². The van der Waals surface area contributed by atoms with Gasteiger partial charge in [-0.25, -0.2) is 4.98 Å². The molecule has 5 heteroatoms. The molecular formula is C21H18N4O. The van der Waals surface area contributed by atoms with Gasteiger partial charge in [0.1, 0.15) is 5.82 Å². The maximum atomic E-state index is 12.6. The Hall–Kier alpha value is -3.39. The Morgan fingerprint density at radius 1 is 1.12 bits per heavy atom. The van der Waals surface area contributed by atoms with Crippen LogP contribution in [0, 0.1) is 11.3 Å². The van der Waals surface area contributed by atoms with E-state index in [-0.39, 0.29) is 5.78 Å². The van der Waals surface area contributed by atoms with Gasteiger partial charge in [0.2, 0.25) is 0 Å². The lowest BCUT2D eigenvalue weighted by Crippen LogP contribution is -2.12. The number of aromatic nitrogens is 3. The van der Waals surface area contributed by atoms with Crippen molar-refractivity contribution in [2.24, 2.45) is 0 Å². The Labute approximate surface area is 150 Å². The van der Waals surface area contributed by atoms with E-state index >= 15 is 0 Å². The monoisotopic (exact) mass is 342 g/mol. The minimum Gasteiger partial charge on any atom is -0.361 e. The number of ketones is 1. The molecule has 4 rings (SSSR count). The van der Waals surface area contributed by atoms with Crippen LogP contribution in [0.3, 0.4) is 0 Å². The number of H-pyrrole nitrogens is 2. The first-order valence-corrected chi connectivity index (χ1v) is 8.68. The molecule has 2 heterocycles. The first-order valence-electron chi connectivity index (χ1n) is 8.68.